The van der Waals surface area contributed by atoms with Crippen molar-refractivity contribution in [2.45, 2.75) is 20.8 Å². The Hall–Kier alpha value is -3.38. The van der Waals surface area contributed by atoms with Crippen molar-refractivity contribution in [2.75, 3.05) is 30.4 Å². The van der Waals surface area contributed by atoms with Crippen LogP contribution in [0.5, 0.6) is 0 Å². The van der Waals surface area contributed by atoms with Crippen molar-refractivity contribution in [1.29, 1.82) is 5.26 Å². The fourth-order valence-corrected chi connectivity index (χ4v) is 3.60. The second-order valence-corrected chi connectivity index (χ2v) is 6.82. The predicted octanol–water partition coefficient (Wildman–Crippen LogP) is 3.33. The molecule has 0 spiro atoms. The Balaban J connectivity index is 2.19. The lowest BCUT2D eigenvalue weighted by molar-refractivity contribution is -0.114. The van der Waals surface area contributed by atoms with E-state index in [9.17, 15) is 14.4 Å². The number of hydrogen-bond acceptors (Lipinski definition) is 8. The zero-order valence-electron chi connectivity index (χ0n) is 16.3. The van der Waals surface area contributed by atoms with Crippen LogP contribution in [0.1, 0.15) is 45.0 Å². The van der Waals surface area contributed by atoms with E-state index in [-0.39, 0.29) is 35.2 Å². The number of esters is 2. The number of benzene rings is 1. The molecular formula is C20H21N3O5S. The van der Waals surface area contributed by atoms with Crippen LogP contribution in [0.4, 0.5) is 10.7 Å². The number of hydrogen-bond donors (Lipinski definition) is 2. The number of anilines is 2. The summed E-state index contributed by atoms with van der Waals surface area (Å²) < 4.78 is 10.1. The maximum Gasteiger partial charge on any atom is 0.348 e. The summed E-state index contributed by atoms with van der Waals surface area (Å²) in [5, 5.41) is 14.7. The molecule has 0 aliphatic carbocycles. The average Bonchev–Trinajstić information content (AvgIpc) is 3.03. The number of nitrogens with zero attached hydrogens (tertiary/aromatic N) is 1. The van der Waals surface area contributed by atoms with Gasteiger partial charge >= 0.3 is 11.9 Å². The lowest BCUT2D eigenvalue weighted by atomic mass is 10.1. The van der Waals surface area contributed by atoms with Crippen LogP contribution >= 0.6 is 11.3 Å². The van der Waals surface area contributed by atoms with Crippen molar-refractivity contribution >= 4 is 39.9 Å². The molecule has 1 aromatic heterocycles. The maximum atomic E-state index is 12.4. The van der Waals surface area contributed by atoms with Crippen LogP contribution in [-0.2, 0) is 14.3 Å². The van der Waals surface area contributed by atoms with Crippen LogP contribution in [0.3, 0.4) is 0 Å². The number of nitrogens with one attached hydrogen (secondary N) is 2. The van der Waals surface area contributed by atoms with Gasteiger partial charge in [0, 0.05) is 5.69 Å². The number of carbonyl (C=O) groups excluding carboxylic acids is 3. The van der Waals surface area contributed by atoms with Crippen molar-refractivity contribution in [1.82, 2.24) is 0 Å². The molecule has 1 aromatic carbocycles. The number of carbonyl (C=O) groups is 3. The quantitative estimate of drug-likeness (QED) is 0.635. The monoisotopic (exact) mass is 415 g/mol. The number of thiophene rings is 1. The number of amides is 1. The van der Waals surface area contributed by atoms with E-state index >= 15 is 0 Å². The van der Waals surface area contributed by atoms with Crippen molar-refractivity contribution in [3.05, 3.63) is 45.8 Å². The molecule has 0 bridgehead atoms. The van der Waals surface area contributed by atoms with Gasteiger partial charge in [-0.25, -0.2) is 9.59 Å². The first-order chi connectivity index (χ1) is 13.9. The summed E-state index contributed by atoms with van der Waals surface area (Å²) in [6.45, 7) is 5.22. The molecular weight excluding hydrogens is 394 g/mol. The lowest BCUT2D eigenvalue weighted by Crippen LogP contribution is -2.22. The van der Waals surface area contributed by atoms with Crippen molar-refractivity contribution < 1.29 is 23.9 Å². The van der Waals surface area contributed by atoms with Crippen LogP contribution in [0.25, 0.3) is 0 Å². The molecule has 29 heavy (non-hydrogen) atoms. The summed E-state index contributed by atoms with van der Waals surface area (Å²) in [6, 6.07) is 8.72. The van der Waals surface area contributed by atoms with Crippen LogP contribution in [-0.4, -0.2) is 37.6 Å². The first-order valence-electron chi connectivity index (χ1n) is 8.92. The van der Waals surface area contributed by atoms with Gasteiger partial charge in [-0.2, -0.15) is 5.26 Å². The number of ether oxygens (including phenoxy) is 2. The van der Waals surface area contributed by atoms with Crippen LogP contribution in [0.2, 0.25) is 0 Å². The molecule has 0 aliphatic rings. The van der Waals surface area contributed by atoms with Gasteiger partial charge in [-0.05, 0) is 44.5 Å². The van der Waals surface area contributed by atoms with E-state index in [4.69, 9.17) is 14.7 Å². The average molecular weight is 415 g/mol. The van der Waals surface area contributed by atoms with Gasteiger partial charge in [-0.3, -0.25) is 4.79 Å². The SMILES string of the molecule is CCOC(=O)c1sc(NC(=O)CNc2cccc(C#N)c2)c(C(=O)OCC)c1C. The predicted molar refractivity (Wildman–Crippen MR) is 109 cm³/mol. The highest BCUT2D eigenvalue weighted by molar-refractivity contribution is 7.18. The molecule has 0 atom stereocenters. The normalized spacial score (nSPS) is 10.0. The summed E-state index contributed by atoms with van der Waals surface area (Å²) >= 11 is 0.966. The molecule has 0 aliphatic heterocycles. The molecule has 0 saturated heterocycles. The third-order valence-electron chi connectivity index (χ3n) is 3.78. The Kier molecular flexibility index (Phi) is 7.74. The molecule has 8 nitrogen and oxygen atoms in total. The smallest absolute Gasteiger partial charge is 0.348 e. The molecule has 2 aromatic rings. The third kappa shape index (κ3) is 5.56. The zero-order valence-corrected chi connectivity index (χ0v) is 17.1. The summed E-state index contributed by atoms with van der Waals surface area (Å²) in [7, 11) is 0. The molecule has 2 N–H and O–H groups in total. The molecule has 1 amide bonds. The van der Waals surface area contributed by atoms with E-state index in [2.05, 4.69) is 10.6 Å². The second-order valence-electron chi connectivity index (χ2n) is 5.80. The summed E-state index contributed by atoms with van der Waals surface area (Å²) in [5.74, 6) is -1.61. The van der Waals surface area contributed by atoms with Crippen molar-refractivity contribution in [3.8, 4) is 6.07 Å². The Bertz CT molecular complexity index is 962. The maximum absolute atomic E-state index is 12.4. The van der Waals surface area contributed by atoms with Gasteiger partial charge in [-0.15, -0.1) is 11.3 Å². The van der Waals surface area contributed by atoms with E-state index in [1.807, 2.05) is 6.07 Å². The molecule has 1 heterocycles. The molecule has 152 valence electrons. The molecule has 0 saturated carbocycles. The summed E-state index contributed by atoms with van der Waals surface area (Å²) in [6.07, 6.45) is 0. The standard InChI is InChI=1S/C20H21N3O5S/c1-4-27-19(25)16-12(3)17(20(26)28-5-2)29-18(16)23-15(24)11-22-14-8-6-7-13(9-14)10-21/h6-9,22H,4-5,11H2,1-3H3,(H,23,24). The van der Waals surface area contributed by atoms with Gasteiger partial charge in [-0.1, -0.05) is 6.07 Å². The van der Waals surface area contributed by atoms with Crippen molar-refractivity contribution in [3.63, 3.8) is 0 Å². The Morgan fingerprint density at radius 1 is 1.14 bits per heavy atom. The highest BCUT2D eigenvalue weighted by Crippen LogP contribution is 2.34. The zero-order chi connectivity index (χ0) is 21.4. The van der Waals surface area contributed by atoms with Crippen LogP contribution in [0, 0.1) is 18.3 Å². The first kappa shape index (κ1) is 21.9. The van der Waals surface area contributed by atoms with E-state index < -0.39 is 17.8 Å². The molecule has 0 fully saturated rings. The summed E-state index contributed by atoms with van der Waals surface area (Å²) in [4.78, 5) is 37.1. The topological polar surface area (TPSA) is 118 Å². The fourth-order valence-electron chi connectivity index (χ4n) is 2.49. The number of nitriles is 1. The lowest BCUT2D eigenvalue weighted by Gasteiger charge is -2.09. The van der Waals surface area contributed by atoms with E-state index in [1.54, 1.807) is 45.0 Å². The molecule has 9 heteroatoms. The van der Waals surface area contributed by atoms with Crippen LogP contribution < -0.4 is 10.6 Å². The van der Waals surface area contributed by atoms with Gasteiger partial charge in [0.2, 0.25) is 5.91 Å². The van der Waals surface area contributed by atoms with Gasteiger partial charge in [0.25, 0.3) is 0 Å². The van der Waals surface area contributed by atoms with Gasteiger partial charge in [0.05, 0.1) is 37.0 Å². The van der Waals surface area contributed by atoms with Gasteiger partial charge < -0.3 is 20.1 Å². The van der Waals surface area contributed by atoms with Crippen molar-refractivity contribution in [2.24, 2.45) is 0 Å². The fraction of sp³-hybridized carbons (Fsp3) is 0.300. The first-order valence-corrected chi connectivity index (χ1v) is 9.74. The van der Waals surface area contributed by atoms with Crippen LogP contribution in [0.15, 0.2) is 24.3 Å². The third-order valence-corrected chi connectivity index (χ3v) is 4.97. The minimum atomic E-state index is -0.623. The number of rotatable bonds is 8. The van der Waals surface area contributed by atoms with E-state index in [1.165, 1.54) is 0 Å². The largest absolute Gasteiger partial charge is 0.462 e. The van der Waals surface area contributed by atoms with E-state index in [0.29, 0.717) is 16.8 Å². The Labute approximate surface area is 172 Å². The van der Waals surface area contributed by atoms with E-state index in [0.717, 1.165) is 11.3 Å². The Morgan fingerprint density at radius 2 is 1.83 bits per heavy atom. The minimum Gasteiger partial charge on any atom is -0.462 e. The second kappa shape index (κ2) is 10.2. The molecule has 0 unspecified atom stereocenters. The summed E-state index contributed by atoms with van der Waals surface area (Å²) in [5.41, 5.74) is 1.61. The highest BCUT2D eigenvalue weighted by Gasteiger charge is 2.27. The molecule has 0 radical (unpaired) electrons. The highest BCUT2D eigenvalue weighted by atomic mass is 32.1. The van der Waals surface area contributed by atoms with Gasteiger partial charge in [0.15, 0.2) is 0 Å². The Morgan fingerprint density at radius 3 is 2.48 bits per heavy atom. The molecule has 2 rings (SSSR count). The minimum absolute atomic E-state index is 0.0944. The van der Waals surface area contributed by atoms with Gasteiger partial charge in [0.1, 0.15) is 9.88 Å².